The Morgan fingerprint density at radius 2 is 1.90 bits per heavy atom. The Labute approximate surface area is 178 Å². The summed E-state index contributed by atoms with van der Waals surface area (Å²) in [5.74, 6) is 0.541. The minimum absolute atomic E-state index is 0.0718. The lowest BCUT2D eigenvalue weighted by Gasteiger charge is -2.36. The van der Waals surface area contributed by atoms with Crippen molar-refractivity contribution >= 4 is 11.8 Å². The first-order valence-electron chi connectivity index (χ1n) is 11.0. The van der Waals surface area contributed by atoms with Crippen molar-refractivity contribution in [3.8, 4) is 5.69 Å². The van der Waals surface area contributed by atoms with Crippen molar-refractivity contribution in [2.24, 2.45) is 5.92 Å². The van der Waals surface area contributed by atoms with Crippen LogP contribution in [-0.4, -0.2) is 70.4 Å². The van der Waals surface area contributed by atoms with Crippen LogP contribution in [0.25, 0.3) is 5.69 Å². The van der Waals surface area contributed by atoms with Gasteiger partial charge in [-0.15, -0.1) is 0 Å². The fourth-order valence-corrected chi connectivity index (χ4v) is 4.50. The predicted octanol–water partition coefficient (Wildman–Crippen LogP) is 2.24. The zero-order valence-electron chi connectivity index (χ0n) is 17.7. The second-order valence-electron chi connectivity index (χ2n) is 8.39. The summed E-state index contributed by atoms with van der Waals surface area (Å²) in [6, 6.07) is 5.86. The molecule has 2 aromatic rings. The molecule has 0 spiro atoms. The van der Waals surface area contributed by atoms with Gasteiger partial charge in [-0.1, -0.05) is 24.5 Å². The average Bonchev–Trinajstić information content (AvgIpc) is 3.48. The number of hydrogen-bond donors (Lipinski definition) is 1. The summed E-state index contributed by atoms with van der Waals surface area (Å²) in [6.45, 7) is 6.72. The van der Waals surface area contributed by atoms with Gasteiger partial charge < -0.3 is 14.8 Å². The van der Waals surface area contributed by atoms with E-state index in [1.165, 1.54) is 12.8 Å². The molecule has 2 aliphatic rings. The number of piperazine rings is 1. The van der Waals surface area contributed by atoms with Crippen molar-refractivity contribution in [1.82, 2.24) is 24.7 Å². The normalized spacial score (nSPS) is 18.0. The third kappa shape index (κ3) is 4.73. The lowest BCUT2D eigenvalue weighted by Crippen LogP contribution is -2.51. The molecule has 2 heterocycles. The highest BCUT2D eigenvalue weighted by molar-refractivity contribution is 5.98. The molecule has 4 rings (SSSR count). The molecule has 1 aromatic carbocycles. The fraction of sp³-hybridized carbons (Fsp3) is 0.522. The molecule has 1 aliphatic heterocycles. The Morgan fingerprint density at radius 3 is 2.60 bits per heavy atom. The van der Waals surface area contributed by atoms with Crippen LogP contribution in [0, 0.1) is 12.8 Å². The molecule has 0 atom stereocenters. The first-order valence-corrected chi connectivity index (χ1v) is 11.0. The molecule has 1 N–H and O–H groups in total. The van der Waals surface area contributed by atoms with Crippen LogP contribution in [0.1, 0.15) is 41.6 Å². The number of benzene rings is 1. The lowest BCUT2D eigenvalue weighted by atomic mass is 10.1. The minimum atomic E-state index is -0.0718. The topological polar surface area (TPSA) is 70.5 Å². The molecule has 30 heavy (non-hydrogen) atoms. The maximum atomic E-state index is 12.8. The van der Waals surface area contributed by atoms with Gasteiger partial charge in [0.05, 0.1) is 17.6 Å². The number of aryl methyl sites for hydroxylation is 1. The van der Waals surface area contributed by atoms with E-state index < -0.39 is 0 Å². The van der Waals surface area contributed by atoms with Gasteiger partial charge >= 0.3 is 0 Å². The molecule has 2 amide bonds. The van der Waals surface area contributed by atoms with Crippen LogP contribution in [0.4, 0.5) is 0 Å². The molecule has 1 saturated heterocycles. The summed E-state index contributed by atoms with van der Waals surface area (Å²) in [7, 11) is 0. The van der Waals surface area contributed by atoms with Gasteiger partial charge in [0.2, 0.25) is 5.91 Å². The second-order valence-corrected chi connectivity index (χ2v) is 8.39. The second kappa shape index (κ2) is 9.43. The molecule has 7 nitrogen and oxygen atoms in total. The van der Waals surface area contributed by atoms with Gasteiger partial charge in [-0.25, -0.2) is 4.98 Å². The van der Waals surface area contributed by atoms with Gasteiger partial charge in [0.1, 0.15) is 0 Å². The van der Waals surface area contributed by atoms with E-state index in [2.05, 4.69) is 15.2 Å². The Kier molecular flexibility index (Phi) is 6.47. The van der Waals surface area contributed by atoms with Gasteiger partial charge in [-0.3, -0.25) is 14.5 Å². The van der Waals surface area contributed by atoms with Crippen LogP contribution >= 0.6 is 0 Å². The predicted molar refractivity (Wildman–Crippen MR) is 116 cm³/mol. The third-order valence-electron chi connectivity index (χ3n) is 6.28. The summed E-state index contributed by atoms with van der Waals surface area (Å²) >= 11 is 0. The largest absolute Gasteiger partial charge is 0.351 e. The van der Waals surface area contributed by atoms with Gasteiger partial charge in [0, 0.05) is 57.6 Å². The fourth-order valence-electron chi connectivity index (χ4n) is 4.50. The van der Waals surface area contributed by atoms with E-state index in [1.807, 2.05) is 40.8 Å². The lowest BCUT2D eigenvalue weighted by molar-refractivity contribution is -0.137. The number of carbonyl (C=O) groups is 2. The van der Waals surface area contributed by atoms with Crippen LogP contribution in [0.2, 0.25) is 0 Å². The van der Waals surface area contributed by atoms with Gasteiger partial charge in [-0.2, -0.15) is 0 Å². The number of rotatable bonds is 6. The number of carbonyl (C=O) groups excluding carboxylic acids is 2. The number of hydrogen-bond acceptors (Lipinski definition) is 4. The van der Waals surface area contributed by atoms with Crippen LogP contribution in [-0.2, 0) is 4.79 Å². The summed E-state index contributed by atoms with van der Waals surface area (Å²) < 4.78 is 1.86. The van der Waals surface area contributed by atoms with E-state index in [0.29, 0.717) is 18.0 Å². The molecular weight excluding hydrogens is 378 g/mol. The van der Waals surface area contributed by atoms with Crippen LogP contribution in [0.3, 0.4) is 0 Å². The van der Waals surface area contributed by atoms with Gasteiger partial charge in [0.15, 0.2) is 0 Å². The van der Waals surface area contributed by atoms with Crippen molar-refractivity contribution < 1.29 is 9.59 Å². The average molecular weight is 410 g/mol. The summed E-state index contributed by atoms with van der Waals surface area (Å²) in [5, 5.41) is 3.06. The van der Waals surface area contributed by atoms with E-state index in [4.69, 9.17) is 0 Å². The first-order chi connectivity index (χ1) is 14.6. The van der Waals surface area contributed by atoms with Crippen molar-refractivity contribution in [3.63, 3.8) is 0 Å². The zero-order chi connectivity index (χ0) is 20.9. The highest BCUT2D eigenvalue weighted by Crippen LogP contribution is 2.26. The number of imidazole rings is 1. The van der Waals surface area contributed by atoms with Gasteiger partial charge in [0.25, 0.3) is 5.91 Å². The SMILES string of the molecule is Cc1ccc(-n2ccnc2)c(C(=O)NCCN2CCN(C(=O)C3CCCC3)CC2)c1. The Hall–Kier alpha value is -2.67. The number of aromatic nitrogens is 2. The molecule has 0 unspecified atom stereocenters. The molecule has 0 radical (unpaired) electrons. The Balaban J connectivity index is 1.26. The smallest absolute Gasteiger partial charge is 0.253 e. The van der Waals surface area contributed by atoms with Gasteiger partial charge in [-0.05, 0) is 31.9 Å². The molecular formula is C23H31N5O2. The van der Waals surface area contributed by atoms with E-state index in [9.17, 15) is 9.59 Å². The van der Waals surface area contributed by atoms with Crippen LogP contribution < -0.4 is 5.32 Å². The monoisotopic (exact) mass is 409 g/mol. The number of nitrogens with one attached hydrogen (secondary N) is 1. The standard InChI is InChI=1S/C23H31N5O2/c1-18-6-7-21(28-11-8-24-17-28)20(16-18)22(29)25-9-10-26-12-14-27(15-13-26)23(30)19-4-2-3-5-19/h6-8,11,16-17,19H,2-5,9-10,12-15H2,1H3,(H,25,29). The summed E-state index contributed by atoms with van der Waals surface area (Å²) in [6.07, 6.45) is 9.76. The van der Waals surface area contributed by atoms with Crippen molar-refractivity contribution in [2.75, 3.05) is 39.3 Å². The maximum absolute atomic E-state index is 12.8. The number of amides is 2. The summed E-state index contributed by atoms with van der Waals surface area (Å²) in [4.78, 5) is 33.8. The molecule has 1 aliphatic carbocycles. The molecule has 160 valence electrons. The van der Waals surface area contributed by atoms with E-state index in [-0.39, 0.29) is 11.8 Å². The molecule has 7 heteroatoms. The van der Waals surface area contributed by atoms with E-state index in [0.717, 1.165) is 56.8 Å². The molecule has 1 aromatic heterocycles. The Morgan fingerprint density at radius 1 is 1.13 bits per heavy atom. The van der Waals surface area contributed by atoms with E-state index in [1.54, 1.807) is 12.5 Å². The van der Waals surface area contributed by atoms with Crippen molar-refractivity contribution in [3.05, 3.63) is 48.0 Å². The van der Waals surface area contributed by atoms with Crippen molar-refractivity contribution in [2.45, 2.75) is 32.6 Å². The zero-order valence-corrected chi connectivity index (χ0v) is 17.7. The highest BCUT2D eigenvalue weighted by atomic mass is 16.2. The molecule has 0 bridgehead atoms. The van der Waals surface area contributed by atoms with E-state index >= 15 is 0 Å². The molecule has 2 fully saturated rings. The number of nitrogens with zero attached hydrogens (tertiary/aromatic N) is 4. The Bertz CT molecular complexity index is 866. The minimum Gasteiger partial charge on any atom is -0.351 e. The third-order valence-corrected chi connectivity index (χ3v) is 6.28. The molecule has 1 saturated carbocycles. The van der Waals surface area contributed by atoms with Crippen LogP contribution in [0.15, 0.2) is 36.9 Å². The van der Waals surface area contributed by atoms with Crippen molar-refractivity contribution in [1.29, 1.82) is 0 Å². The quantitative estimate of drug-likeness (QED) is 0.794. The highest BCUT2D eigenvalue weighted by Gasteiger charge is 2.29. The first kappa shape index (κ1) is 20.6. The maximum Gasteiger partial charge on any atom is 0.253 e. The van der Waals surface area contributed by atoms with Crippen LogP contribution in [0.5, 0.6) is 0 Å². The summed E-state index contributed by atoms with van der Waals surface area (Å²) in [5.41, 5.74) is 2.53.